The second kappa shape index (κ2) is 9.05. The van der Waals surface area contributed by atoms with Gasteiger partial charge in [-0.2, -0.15) is 4.98 Å². The Morgan fingerprint density at radius 2 is 1.71 bits per heavy atom. The highest BCUT2D eigenvalue weighted by Crippen LogP contribution is 2.31. The molecule has 1 fully saturated rings. The summed E-state index contributed by atoms with van der Waals surface area (Å²) in [6.45, 7) is 0.681. The lowest BCUT2D eigenvalue weighted by molar-refractivity contribution is 0.243. The molecule has 2 atom stereocenters. The van der Waals surface area contributed by atoms with Crippen LogP contribution in [-0.4, -0.2) is 54.9 Å². The summed E-state index contributed by atoms with van der Waals surface area (Å²) in [6, 6.07) is 14.3. The van der Waals surface area contributed by atoms with Crippen LogP contribution in [0.25, 0.3) is 11.4 Å². The molecular weight excluding hydrogens is 398 g/mol. The number of nitrogens with zero attached hydrogens (tertiary/aromatic N) is 3. The molecule has 0 spiro atoms. The largest absolute Gasteiger partial charge is 0.497 e. The van der Waals surface area contributed by atoms with Crippen LogP contribution in [0.3, 0.4) is 0 Å². The number of likely N-dealkylation sites (tertiary alicyclic amines) is 1. The highest BCUT2D eigenvalue weighted by Gasteiger charge is 2.35. The number of anilines is 1. The van der Waals surface area contributed by atoms with Gasteiger partial charge in [-0.25, -0.2) is 4.79 Å². The molecule has 1 aliphatic rings. The summed E-state index contributed by atoms with van der Waals surface area (Å²) in [4.78, 5) is 19.0. The van der Waals surface area contributed by atoms with Gasteiger partial charge in [0.15, 0.2) is 0 Å². The number of benzene rings is 2. The van der Waals surface area contributed by atoms with Gasteiger partial charge in [0.25, 0.3) is 0 Å². The number of carbonyl (C=O) groups excluding carboxylic acids is 1. The van der Waals surface area contributed by atoms with Crippen molar-refractivity contribution in [3.05, 3.63) is 54.4 Å². The van der Waals surface area contributed by atoms with Gasteiger partial charge in [-0.1, -0.05) is 5.16 Å². The number of likely N-dealkylation sites (N-methyl/N-ethyl adjacent to an activating group) is 1. The lowest BCUT2D eigenvalue weighted by Crippen LogP contribution is -2.39. The first-order valence-electron chi connectivity index (χ1n) is 9.95. The highest BCUT2D eigenvalue weighted by atomic mass is 16.5. The van der Waals surface area contributed by atoms with Crippen LogP contribution in [0.15, 0.2) is 53.1 Å². The Labute approximate surface area is 180 Å². The molecular formula is C22H25N5O4. The van der Waals surface area contributed by atoms with Crippen molar-refractivity contribution < 1.29 is 18.8 Å². The van der Waals surface area contributed by atoms with E-state index < -0.39 is 0 Å². The summed E-state index contributed by atoms with van der Waals surface area (Å²) in [5.74, 6) is 2.57. The Morgan fingerprint density at radius 1 is 1.06 bits per heavy atom. The summed E-state index contributed by atoms with van der Waals surface area (Å²) >= 11 is 0. The van der Waals surface area contributed by atoms with Gasteiger partial charge in [-0.05, 0) is 62.0 Å². The number of hydrogen-bond donors (Lipinski definition) is 2. The molecule has 2 aromatic carbocycles. The van der Waals surface area contributed by atoms with E-state index in [1.54, 1.807) is 38.5 Å². The van der Waals surface area contributed by atoms with Crippen molar-refractivity contribution in [3.8, 4) is 22.9 Å². The SMILES string of the molecule is COc1ccc(NC(=O)NC2CC(c3nc(-c4ccc(OC)cc4)no3)N(C)C2)cc1. The first kappa shape index (κ1) is 20.7. The van der Waals surface area contributed by atoms with Crippen LogP contribution in [0.5, 0.6) is 11.5 Å². The second-order valence-corrected chi connectivity index (χ2v) is 7.40. The van der Waals surface area contributed by atoms with Crippen LogP contribution in [0.2, 0.25) is 0 Å². The minimum absolute atomic E-state index is 0.0374. The zero-order valence-electron chi connectivity index (χ0n) is 17.7. The van der Waals surface area contributed by atoms with Gasteiger partial charge < -0.3 is 24.6 Å². The van der Waals surface area contributed by atoms with E-state index in [0.29, 0.717) is 30.4 Å². The number of hydrogen-bond acceptors (Lipinski definition) is 7. The van der Waals surface area contributed by atoms with Crippen molar-refractivity contribution >= 4 is 11.7 Å². The molecule has 3 aromatic rings. The monoisotopic (exact) mass is 423 g/mol. The third-order valence-corrected chi connectivity index (χ3v) is 5.31. The molecule has 0 saturated carbocycles. The van der Waals surface area contributed by atoms with Gasteiger partial charge in [0.1, 0.15) is 11.5 Å². The number of ether oxygens (including phenoxy) is 2. The average Bonchev–Trinajstić information content (AvgIpc) is 3.41. The minimum atomic E-state index is -0.256. The molecule has 1 aliphatic heterocycles. The van der Waals surface area contributed by atoms with E-state index in [4.69, 9.17) is 14.0 Å². The minimum Gasteiger partial charge on any atom is -0.497 e. The standard InChI is InChI=1S/C22H25N5O4/c1-27-13-16(24-22(28)23-15-6-10-18(30-3)11-7-15)12-19(27)21-25-20(26-31-21)14-4-8-17(29-2)9-5-14/h4-11,16,19H,12-13H2,1-3H3,(H2,23,24,28). The molecule has 1 saturated heterocycles. The van der Waals surface area contributed by atoms with Crippen molar-refractivity contribution in [2.45, 2.75) is 18.5 Å². The predicted molar refractivity (Wildman–Crippen MR) is 115 cm³/mol. The lowest BCUT2D eigenvalue weighted by atomic mass is 10.1. The van der Waals surface area contributed by atoms with E-state index >= 15 is 0 Å². The lowest BCUT2D eigenvalue weighted by Gasteiger charge is -2.14. The number of nitrogens with one attached hydrogen (secondary N) is 2. The van der Waals surface area contributed by atoms with Crippen molar-refractivity contribution in [1.29, 1.82) is 0 Å². The van der Waals surface area contributed by atoms with E-state index in [2.05, 4.69) is 25.7 Å². The maximum Gasteiger partial charge on any atom is 0.319 e. The van der Waals surface area contributed by atoms with Crippen LogP contribution >= 0.6 is 0 Å². The fourth-order valence-electron chi connectivity index (χ4n) is 3.65. The van der Waals surface area contributed by atoms with Gasteiger partial charge in [-0.3, -0.25) is 4.90 Å². The van der Waals surface area contributed by atoms with Crippen LogP contribution in [0.1, 0.15) is 18.4 Å². The summed E-state index contributed by atoms with van der Waals surface area (Å²) in [5.41, 5.74) is 1.55. The third kappa shape index (κ3) is 4.77. The first-order chi connectivity index (χ1) is 15.1. The van der Waals surface area contributed by atoms with Gasteiger partial charge in [0, 0.05) is 23.8 Å². The Bertz CT molecular complexity index is 1020. The van der Waals surface area contributed by atoms with Crippen molar-refractivity contribution in [2.75, 3.05) is 33.1 Å². The molecule has 1 aromatic heterocycles. The average molecular weight is 423 g/mol. The Hall–Kier alpha value is -3.59. The van der Waals surface area contributed by atoms with Gasteiger partial charge >= 0.3 is 6.03 Å². The van der Waals surface area contributed by atoms with Gasteiger partial charge in [0.05, 0.1) is 20.3 Å². The van der Waals surface area contributed by atoms with E-state index in [1.165, 1.54) is 0 Å². The van der Waals surface area contributed by atoms with Crippen molar-refractivity contribution in [3.63, 3.8) is 0 Å². The fraction of sp³-hybridized carbons (Fsp3) is 0.318. The van der Waals surface area contributed by atoms with Crippen LogP contribution < -0.4 is 20.1 Å². The zero-order chi connectivity index (χ0) is 21.8. The summed E-state index contributed by atoms with van der Waals surface area (Å²) in [6.07, 6.45) is 0.677. The second-order valence-electron chi connectivity index (χ2n) is 7.40. The fourth-order valence-corrected chi connectivity index (χ4v) is 3.65. The van der Waals surface area contributed by atoms with Crippen LogP contribution in [0.4, 0.5) is 10.5 Å². The van der Waals surface area contributed by atoms with E-state index in [0.717, 1.165) is 17.1 Å². The predicted octanol–water partition coefficient (Wildman–Crippen LogP) is 3.32. The quantitative estimate of drug-likeness (QED) is 0.627. The smallest absolute Gasteiger partial charge is 0.319 e. The molecule has 0 radical (unpaired) electrons. The third-order valence-electron chi connectivity index (χ3n) is 5.31. The highest BCUT2D eigenvalue weighted by molar-refractivity contribution is 5.89. The maximum absolute atomic E-state index is 12.4. The summed E-state index contributed by atoms with van der Waals surface area (Å²) < 4.78 is 15.8. The summed E-state index contributed by atoms with van der Waals surface area (Å²) in [5, 5.41) is 9.96. The van der Waals surface area contributed by atoms with Crippen molar-refractivity contribution in [1.82, 2.24) is 20.4 Å². The Balaban J connectivity index is 1.36. The number of carbonyl (C=O) groups is 1. The number of urea groups is 1. The Kier molecular flexibility index (Phi) is 6.03. The summed E-state index contributed by atoms with van der Waals surface area (Å²) in [7, 11) is 5.20. The maximum atomic E-state index is 12.4. The first-order valence-corrected chi connectivity index (χ1v) is 9.95. The van der Waals surface area contributed by atoms with E-state index in [1.807, 2.05) is 31.3 Å². The number of methoxy groups -OCH3 is 2. The van der Waals surface area contributed by atoms with Gasteiger partial charge in [0.2, 0.25) is 11.7 Å². The Morgan fingerprint density at radius 3 is 2.35 bits per heavy atom. The molecule has 2 heterocycles. The molecule has 31 heavy (non-hydrogen) atoms. The molecule has 2 amide bonds. The topological polar surface area (TPSA) is 102 Å². The zero-order valence-corrected chi connectivity index (χ0v) is 17.7. The molecule has 2 unspecified atom stereocenters. The van der Waals surface area contributed by atoms with E-state index in [-0.39, 0.29) is 18.1 Å². The molecule has 2 N–H and O–H groups in total. The molecule has 0 aliphatic carbocycles. The number of rotatable bonds is 6. The number of amides is 2. The van der Waals surface area contributed by atoms with Gasteiger partial charge in [-0.15, -0.1) is 0 Å². The van der Waals surface area contributed by atoms with E-state index in [9.17, 15) is 4.79 Å². The molecule has 4 rings (SSSR count). The van der Waals surface area contributed by atoms with Crippen molar-refractivity contribution in [2.24, 2.45) is 0 Å². The number of aromatic nitrogens is 2. The molecule has 9 heteroatoms. The van der Waals surface area contributed by atoms with Crippen LogP contribution in [0, 0.1) is 0 Å². The van der Waals surface area contributed by atoms with Crippen LogP contribution in [-0.2, 0) is 0 Å². The molecule has 9 nitrogen and oxygen atoms in total. The molecule has 0 bridgehead atoms. The molecule has 162 valence electrons. The normalized spacial score (nSPS) is 18.5.